The van der Waals surface area contributed by atoms with E-state index in [1.165, 1.54) is 5.56 Å². The first-order valence-corrected chi connectivity index (χ1v) is 5.98. The molecule has 1 aromatic carbocycles. The maximum atomic E-state index is 5.77. The van der Waals surface area contributed by atoms with Gasteiger partial charge in [-0.1, -0.05) is 6.07 Å². The Morgan fingerprint density at radius 1 is 1.29 bits per heavy atom. The zero-order valence-corrected chi connectivity index (χ0v) is 10.5. The van der Waals surface area contributed by atoms with Crippen molar-refractivity contribution in [2.24, 2.45) is 5.73 Å². The summed E-state index contributed by atoms with van der Waals surface area (Å²) in [4.78, 5) is 2.20. The molecule has 1 aliphatic heterocycles. The first-order chi connectivity index (χ1) is 8.15. The van der Waals surface area contributed by atoms with Gasteiger partial charge in [-0.25, -0.2) is 0 Å². The average molecular weight is 236 g/mol. The van der Waals surface area contributed by atoms with Gasteiger partial charge in [0.1, 0.15) is 13.2 Å². The van der Waals surface area contributed by atoms with Crippen molar-refractivity contribution in [2.75, 3.05) is 26.8 Å². The molecule has 1 unspecified atom stereocenters. The zero-order valence-electron chi connectivity index (χ0n) is 10.5. The fraction of sp³-hybridized carbons (Fsp3) is 0.538. The highest BCUT2D eigenvalue weighted by Crippen LogP contribution is 2.30. The molecule has 0 aromatic heterocycles. The SMILES string of the molecule is CC(N)CN(C)Cc1ccc2c(c1)OCCO2. The molecule has 2 N–H and O–H groups in total. The standard InChI is InChI=1S/C13H20N2O2/c1-10(14)8-15(2)9-11-3-4-12-13(7-11)17-6-5-16-12/h3-4,7,10H,5-6,8-9,14H2,1-2H3. The fourth-order valence-electron chi connectivity index (χ4n) is 2.05. The second-order valence-corrected chi connectivity index (χ2v) is 4.65. The topological polar surface area (TPSA) is 47.7 Å². The minimum absolute atomic E-state index is 0.192. The number of ether oxygens (including phenoxy) is 2. The lowest BCUT2D eigenvalue weighted by molar-refractivity contribution is 0.171. The summed E-state index contributed by atoms with van der Waals surface area (Å²) in [6.07, 6.45) is 0. The van der Waals surface area contributed by atoms with Crippen molar-refractivity contribution >= 4 is 0 Å². The van der Waals surface area contributed by atoms with Crippen LogP contribution in [-0.2, 0) is 6.54 Å². The summed E-state index contributed by atoms with van der Waals surface area (Å²) in [5.41, 5.74) is 6.99. The second kappa shape index (κ2) is 5.38. The van der Waals surface area contributed by atoms with Gasteiger partial charge in [0, 0.05) is 19.1 Å². The lowest BCUT2D eigenvalue weighted by Crippen LogP contribution is -2.32. The first-order valence-electron chi connectivity index (χ1n) is 5.98. The highest BCUT2D eigenvalue weighted by atomic mass is 16.6. The Bertz CT molecular complexity index is 380. The number of hydrogen-bond acceptors (Lipinski definition) is 4. The average Bonchev–Trinajstić information content (AvgIpc) is 2.27. The molecular formula is C13H20N2O2. The Morgan fingerprint density at radius 3 is 2.71 bits per heavy atom. The van der Waals surface area contributed by atoms with Gasteiger partial charge in [0.05, 0.1) is 0 Å². The van der Waals surface area contributed by atoms with Crippen LogP contribution in [0, 0.1) is 0 Å². The molecule has 1 aromatic rings. The Kier molecular flexibility index (Phi) is 3.86. The molecule has 0 bridgehead atoms. The third-order valence-corrected chi connectivity index (χ3v) is 2.66. The lowest BCUT2D eigenvalue weighted by atomic mass is 10.1. The Morgan fingerprint density at radius 2 is 2.00 bits per heavy atom. The fourth-order valence-corrected chi connectivity index (χ4v) is 2.05. The zero-order chi connectivity index (χ0) is 12.3. The van der Waals surface area contributed by atoms with E-state index in [9.17, 15) is 0 Å². The molecule has 1 aliphatic rings. The summed E-state index contributed by atoms with van der Waals surface area (Å²) in [5, 5.41) is 0. The molecule has 0 spiro atoms. The highest BCUT2D eigenvalue weighted by Gasteiger charge is 2.12. The van der Waals surface area contributed by atoms with Gasteiger partial charge in [-0.2, -0.15) is 0 Å². The molecule has 0 radical (unpaired) electrons. The third kappa shape index (κ3) is 3.35. The number of likely N-dealkylation sites (N-methyl/N-ethyl adjacent to an activating group) is 1. The molecule has 0 saturated heterocycles. The van der Waals surface area contributed by atoms with Crippen LogP contribution in [0.2, 0.25) is 0 Å². The molecule has 1 heterocycles. The minimum atomic E-state index is 0.192. The van der Waals surface area contributed by atoms with Gasteiger partial charge in [0.2, 0.25) is 0 Å². The number of benzene rings is 1. The largest absolute Gasteiger partial charge is 0.486 e. The summed E-state index contributed by atoms with van der Waals surface area (Å²) in [6, 6.07) is 6.29. The van der Waals surface area contributed by atoms with Crippen LogP contribution in [0.3, 0.4) is 0 Å². The molecule has 0 saturated carbocycles. The van der Waals surface area contributed by atoms with Crippen molar-refractivity contribution in [3.05, 3.63) is 23.8 Å². The minimum Gasteiger partial charge on any atom is -0.486 e. The number of rotatable bonds is 4. The summed E-state index contributed by atoms with van der Waals surface area (Å²) in [6.45, 7) is 5.04. The van der Waals surface area contributed by atoms with Crippen LogP contribution in [0.4, 0.5) is 0 Å². The maximum Gasteiger partial charge on any atom is 0.161 e. The van der Waals surface area contributed by atoms with Crippen molar-refractivity contribution in [3.63, 3.8) is 0 Å². The summed E-state index contributed by atoms with van der Waals surface area (Å²) < 4.78 is 11.0. The van der Waals surface area contributed by atoms with E-state index in [1.807, 2.05) is 19.1 Å². The molecule has 0 amide bonds. The van der Waals surface area contributed by atoms with Gasteiger partial charge >= 0.3 is 0 Å². The van der Waals surface area contributed by atoms with Crippen molar-refractivity contribution < 1.29 is 9.47 Å². The molecule has 4 nitrogen and oxygen atoms in total. The van der Waals surface area contributed by atoms with E-state index in [2.05, 4.69) is 18.0 Å². The van der Waals surface area contributed by atoms with Crippen LogP contribution in [-0.4, -0.2) is 37.7 Å². The van der Waals surface area contributed by atoms with Gasteiger partial charge in [0.15, 0.2) is 11.5 Å². The Hall–Kier alpha value is -1.26. The van der Waals surface area contributed by atoms with Crippen LogP contribution in [0.25, 0.3) is 0 Å². The predicted molar refractivity (Wildman–Crippen MR) is 67.4 cm³/mol. The van der Waals surface area contributed by atoms with Gasteiger partial charge in [-0.05, 0) is 31.7 Å². The van der Waals surface area contributed by atoms with Crippen LogP contribution in [0.5, 0.6) is 11.5 Å². The molecule has 1 atom stereocenters. The van der Waals surface area contributed by atoms with Crippen LogP contribution in [0.1, 0.15) is 12.5 Å². The van der Waals surface area contributed by atoms with Crippen molar-refractivity contribution in [2.45, 2.75) is 19.5 Å². The number of nitrogens with two attached hydrogens (primary N) is 1. The van der Waals surface area contributed by atoms with E-state index in [0.29, 0.717) is 13.2 Å². The van der Waals surface area contributed by atoms with E-state index in [-0.39, 0.29) is 6.04 Å². The maximum absolute atomic E-state index is 5.77. The third-order valence-electron chi connectivity index (χ3n) is 2.66. The molecule has 4 heteroatoms. The summed E-state index contributed by atoms with van der Waals surface area (Å²) in [5.74, 6) is 1.69. The molecule has 0 fully saturated rings. The van der Waals surface area contributed by atoms with Crippen LogP contribution >= 0.6 is 0 Å². The molecule has 0 aliphatic carbocycles. The molecule has 17 heavy (non-hydrogen) atoms. The van der Waals surface area contributed by atoms with E-state index in [1.54, 1.807) is 0 Å². The quantitative estimate of drug-likeness (QED) is 0.854. The van der Waals surface area contributed by atoms with E-state index >= 15 is 0 Å². The van der Waals surface area contributed by atoms with Gasteiger partial charge < -0.3 is 20.1 Å². The van der Waals surface area contributed by atoms with Gasteiger partial charge in [0.25, 0.3) is 0 Å². The monoisotopic (exact) mass is 236 g/mol. The van der Waals surface area contributed by atoms with E-state index < -0.39 is 0 Å². The molecular weight excluding hydrogens is 216 g/mol. The Labute approximate surface area is 102 Å². The van der Waals surface area contributed by atoms with Crippen LogP contribution < -0.4 is 15.2 Å². The van der Waals surface area contributed by atoms with Gasteiger partial charge in [-0.3, -0.25) is 0 Å². The smallest absolute Gasteiger partial charge is 0.161 e. The number of hydrogen-bond donors (Lipinski definition) is 1. The van der Waals surface area contributed by atoms with Gasteiger partial charge in [-0.15, -0.1) is 0 Å². The lowest BCUT2D eigenvalue weighted by Gasteiger charge is -2.22. The predicted octanol–water partition coefficient (Wildman–Crippen LogP) is 1.24. The Balaban J connectivity index is 2.01. The van der Waals surface area contributed by atoms with Crippen molar-refractivity contribution in [3.8, 4) is 11.5 Å². The normalized spacial score (nSPS) is 16.0. The summed E-state index contributed by atoms with van der Waals surface area (Å²) in [7, 11) is 2.07. The van der Waals surface area contributed by atoms with E-state index in [4.69, 9.17) is 15.2 Å². The molecule has 2 rings (SSSR count). The van der Waals surface area contributed by atoms with Crippen LogP contribution in [0.15, 0.2) is 18.2 Å². The number of nitrogens with zero attached hydrogens (tertiary/aromatic N) is 1. The summed E-state index contributed by atoms with van der Waals surface area (Å²) >= 11 is 0. The number of fused-ring (bicyclic) bond motifs is 1. The van der Waals surface area contributed by atoms with Crippen molar-refractivity contribution in [1.82, 2.24) is 4.90 Å². The van der Waals surface area contributed by atoms with Crippen molar-refractivity contribution in [1.29, 1.82) is 0 Å². The highest BCUT2D eigenvalue weighted by molar-refractivity contribution is 5.43. The first kappa shape index (κ1) is 12.2. The molecule has 94 valence electrons. The second-order valence-electron chi connectivity index (χ2n) is 4.65. The van der Waals surface area contributed by atoms with E-state index in [0.717, 1.165) is 24.6 Å².